The molecular weight excluding hydrogens is 378 g/mol. The van der Waals surface area contributed by atoms with Gasteiger partial charge in [0, 0.05) is 17.4 Å². The van der Waals surface area contributed by atoms with Gasteiger partial charge in [0.1, 0.15) is 11.6 Å². The second kappa shape index (κ2) is 6.90. The lowest BCUT2D eigenvalue weighted by molar-refractivity contribution is -0.112. The summed E-state index contributed by atoms with van der Waals surface area (Å²) in [5, 5.41) is 15.3. The van der Waals surface area contributed by atoms with E-state index in [1.807, 2.05) is 6.07 Å². The zero-order valence-electron chi connectivity index (χ0n) is 15.4. The van der Waals surface area contributed by atoms with Gasteiger partial charge in [-0.15, -0.1) is 0 Å². The molecule has 0 unspecified atom stereocenters. The summed E-state index contributed by atoms with van der Waals surface area (Å²) < 4.78 is 31.6. The van der Waals surface area contributed by atoms with Gasteiger partial charge in [-0.1, -0.05) is 6.07 Å². The van der Waals surface area contributed by atoms with Gasteiger partial charge in [0.15, 0.2) is 0 Å². The molecule has 1 aromatic rings. The molecule has 0 aliphatic heterocycles. The maximum atomic E-state index is 12.5. The van der Waals surface area contributed by atoms with E-state index in [4.69, 9.17) is 4.55 Å². The van der Waals surface area contributed by atoms with Crippen LogP contribution in [0.3, 0.4) is 0 Å². The Morgan fingerprint density at radius 3 is 2.32 bits per heavy atom. The van der Waals surface area contributed by atoms with Crippen LogP contribution in [0.25, 0.3) is 0 Å². The Labute approximate surface area is 164 Å². The zero-order chi connectivity index (χ0) is 19.9. The quantitative estimate of drug-likeness (QED) is 0.396. The van der Waals surface area contributed by atoms with Crippen LogP contribution in [0.4, 0.5) is 5.69 Å². The molecule has 5 rings (SSSR count). The first-order chi connectivity index (χ1) is 13.3. The van der Waals surface area contributed by atoms with E-state index in [0.717, 1.165) is 43.1 Å². The predicted molar refractivity (Wildman–Crippen MR) is 103 cm³/mol. The van der Waals surface area contributed by atoms with E-state index < -0.39 is 16.0 Å². The molecule has 4 fully saturated rings. The lowest BCUT2D eigenvalue weighted by Crippen LogP contribution is -2.57. The van der Waals surface area contributed by atoms with Gasteiger partial charge in [-0.2, -0.15) is 13.7 Å². The lowest BCUT2D eigenvalue weighted by atomic mass is 9.53. The van der Waals surface area contributed by atoms with E-state index in [9.17, 15) is 18.5 Å². The van der Waals surface area contributed by atoms with Crippen LogP contribution >= 0.6 is 0 Å². The van der Waals surface area contributed by atoms with Gasteiger partial charge >= 0.3 is 0 Å². The van der Waals surface area contributed by atoms with E-state index in [1.54, 1.807) is 0 Å². The molecule has 148 valence electrons. The molecule has 8 heteroatoms. The fourth-order valence-electron chi connectivity index (χ4n) is 5.59. The van der Waals surface area contributed by atoms with Crippen LogP contribution in [-0.4, -0.2) is 24.4 Å². The van der Waals surface area contributed by atoms with Crippen molar-refractivity contribution < 1.29 is 17.8 Å². The third-order valence-electron chi connectivity index (χ3n) is 6.32. The van der Waals surface area contributed by atoms with E-state index in [1.165, 1.54) is 43.7 Å². The summed E-state index contributed by atoms with van der Waals surface area (Å²) in [6.45, 7) is 0. The molecule has 0 radical (unpaired) electrons. The number of hydrogen-bond acceptors (Lipinski definition) is 5. The number of hydrogen-bond donors (Lipinski definition) is 3. The summed E-state index contributed by atoms with van der Waals surface area (Å²) in [5.74, 6) is 1.62. The number of rotatable bonds is 5. The second-order valence-corrected chi connectivity index (χ2v) is 9.89. The molecule has 4 aliphatic rings. The van der Waals surface area contributed by atoms with Crippen molar-refractivity contribution >= 4 is 21.7 Å². The van der Waals surface area contributed by atoms with Gasteiger partial charge in [0.2, 0.25) is 0 Å². The first kappa shape index (κ1) is 19.0. The monoisotopic (exact) mass is 401 g/mol. The zero-order valence-corrected chi connectivity index (χ0v) is 16.2. The highest BCUT2D eigenvalue weighted by Crippen LogP contribution is 2.55. The molecule has 4 bridgehead atoms. The van der Waals surface area contributed by atoms with E-state index in [2.05, 4.69) is 10.6 Å². The van der Waals surface area contributed by atoms with Crippen molar-refractivity contribution in [2.24, 2.45) is 17.8 Å². The van der Waals surface area contributed by atoms with Crippen LogP contribution in [0.1, 0.15) is 38.5 Å². The Kier molecular flexibility index (Phi) is 4.68. The molecule has 4 saturated carbocycles. The summed E-state index contributed by atoms with van der Waals surface area (Å²) in [7, 11) is -4.37. The summed E-state index contributed by atoms with van der Waals surface area (Å²) in [4.78, 5) is 12.1. The highest BCUT2D eigenvalue weighted by atomic mass is 32.2. The van der Waals surface area contributed by atoms with E-state index in [0.29, 0.717) is 0 Å². The molecule has 0 atom stereocenters. The molecule has 7 nitrogen and oxygen atoms in total. The van der Waals surface area contributed by atoms with Crippen LogP contribution in [0, 0.1) is 29.1 Å². The van der Waals surface area contributed by atoms with Crippen molar-refractivity contribution in [3.63, 3.8) is 0 Å². The SMILES string of the molecule is N#C/C(=C/NC12CC3CC(CC(C3)C1)C2)C(=O)Nc1cccc(S(=O)(=O)O)c1. The van der Waals surface area contributed by atoms with Gasteiger partial charge in [0.05, 0.1) is 4.90 Å². The smallest absolute Gasteiger partial charge is 0.294 e. The largest absolute Gasteiger partial charge is 0.384 e. The maximum absolute atomic E-state index is 12.5. The fourth-order valence-corrected chi connectivity index (χ4v) is 6.12. The first-order valence-electron chi connectivity index (χ1n) is 9.53. The number of anilines is 1. The second-order valence-electron chi connectivity index (χ2n) is 8.47. The molecule has 4 aliphatic carbocycles. The maximum Gasteiger partial charge on any atom is 0.294 e. The van der Waals surface area contributed by atoms with Crippen molar-refractivity contribution in [1.82, 2.24) is 5.32 Å². The van der Waals surface area contributed by atoms with Gasteiger partial charge in [-0.05, 0) is 74.5 Å². The van der Waals surface area contributed by atoms with E-state index in [-0.39, 0.29) is 21.7 Å². The molecule has 1 amide bonds. The van der Waals surface area contributed by atoms with Gasteiger partial charge in [-0.25, -0.2) is 0 Å². The molecule has 0 heterocycles. The number of nitrogens with one attached hydrogen (secondary N) is 2. The van der Waals surface area contributed by atoms with Crippen LogP contribution in [0.15, 0.2) is 40.9 Å². The lowest BCUT2D eigenvalue weighted by Gasteiger charge is -2.56. The third-order valence-corrected chi connectivity index (χ3v) is 7.17. The van der Waals surface area contributed by atoms with Crippen LogP contribution < -0.4 is 10.6 Å². The van der Waals surface area contributed by atoms with Crippen LogP contribution in [0.5, 0.6) is 0 Å². The highest BCUT2D eigenvalue weighted by Gasteiger charge is 2.50. The van der Waals surface area contributed by atoms with E-state index >= 15 is 0 Å². The Hall–Kier alpha value is -2.37. The van der Waals surface area contributed by atoms with Crippen LogP contribution in [-0.2, 0) is 14.9 Å². The molecule has 28 heavy (non-hydrogen) atoms. The Balaban J connectivity index is 1.47. The molecular formula is C20H23N3O4S. The number of nitrogens with zero attached hydrogens (tertiary/aromatic N) is 1. The number of nitriles is 1. The van der Waals surface area contributed by atoms with Crippen molar-refractivity contribution in [2.75, 3.05) is 5.32 Å². The fraction of sp³-hybridized carbons (Fsp3) is 0.500. The van der Waals surface area contributed by atoms with Gasteiger partial charge in [0.25, 0.3) is 16.0 Å². The van der Waals surface area contributed by atoms with Crippen LogP contribution in [0.2, 0.25) is 0 Å². The predicted octanol–water partition coefficient (Wildman–Crippen LogP) is 2.84. The summed E-state index contributed by atoms with van der Waals surface area (Å²) >= 11 is 0. The van der Waals surface area contributed by atoms with Crippen molar-refractivity contribution in [3.8, 4) is 6.07 Å². The van der Waals surface area contributed by atoms with Crippen molar-refractivity contribution in [2.45, 2.75) is 49.0 Å². The summed E-state index contributed by atoms with van der Waals surface area (Å²) in [5.41, 5.74) is 0.117. The number of carbonyl (C=O) groups is 1. The molecule has 0 aromatic heterocycles. The molecule has 0 spiro atoms. The number of amides is 1. The van der Waals surface area contributed by atoms with Gasteiger partial charge in [-0.3, -0.25) is 9.35 Å². The minimum Gasteiger partial charge on any atom is -0.384 e. The Morgan fingerprint density at radius 1 is 1.18 bits per heavy atom. The number of carbonyl (C=O) groups excluding carboxylic acids is 1. The average molecular weight is 401 g/mol. The average Bonchev–Trinajstić information content (AvgIpc) is 2.60. The molecule has 0 saturated heterocycles. The Bertz CT molecular complexity index is 942. The third kappa shape index (κ3) is 3.77. The van der Waals surface area contributed by atoms with Crippen molar-refractivity contribution in [3.05, 3.63) is 36.0 Å². The highest BCUT2D eigenvalue weighted by molar-refractivity contribution is 7.85. The van der Waals surface area contributed by atoms with Crippen molar-refractivity contribution in [1.29, 1.82) is 5.26 Å². The Morgan fingerprint density at radius 2 is 1.79 bits per heavy atom. The summed E-state index contributed by atoms with van der Waals surface area (Å²) in [6.07, 6.45) is 8.70. The standard InChI is InChI=1S/C20H23N3O4S/c21-11-16(19(24)23-17-2-1-3-18(7-17)28(25,26)27)12-22-20-8-13-4-14(9-20)6-15(5-13)10-20/h1-3,7,12-15,22H,4-6,8-10H2,(H,23,24)(H,25,26,27)/b16-12-. The number of benzene rings is 1. The van der Waals surface area contributed by atoms with Gasteiger partial charge < -0.3 is 10.6 Å². The summed E-state index contributed by atoms with van der Waals surface area (Å²) in [6, 6.07) is 7.19. The first-order valence-corrected chi connectivity index (χ1v) is 11.0. The minimum atomic E-state index is -4.37. The molecule has 1 aromatic carbocycles. The topological polar surface area (TPSA) is 119 Å². The molecule has 3 N–H and O–H groups in total. The minimum absolute atomic E-state index is 0.0119. The normalized spacial score (nSPS) is 31.3.